The van der Waals surface area contributed by atoms with Crippen molar-refractivity contribution >= 4 is 10.4 Å². The maximum atomic E-state index is 11.8. The number of alkyl halides is 5. The Morgan fingerprint density at radius 1 is 1.14 bits per heavy atom. The molecule has 0 fully saturated rings. The number of hydrogen-bond acceptors (Lipinski definition) is 4. The van der Waals surface area contributed by atoms with Crippen LogP contribution in [0.1, 0.15) is 0 Å². The van der Waals surface area contributed by atoms with Crippen LogP contribution >= 0.6 is 0 Å². The summed E-state index contributed by atoms with van der Waals surface area (Å²) in [5.74, 6) is -5.36. The Labute approximate surface area is 87.5 Å². The summed E-state index contributed by atoms with van der Waals surface area (Å²) in [5.41, 5.74) is 0. The predicted octanol–water partition coefficient (Wildman–Crippen LogP) is -2.34. The Hall–Kier alpha value is 0.117. The summed E-state index contributed by atoms with van der Waals surface area (Å²) in [4.78, 5) is 0. The van der Waals surface area contributed by atoms with Gasteiger partial charge in [-0.2, -0.15) is 22.0 Å². The minimum atomic E-state index is -5.95. The van der Waals surface area contributed by atoms with Gasteiger partial charge >= 0.3 is 31.0 Å². The van der Waals surface area contributed by atoms with E-state index in [0.29, 0.717) is 0 Å². The third-order valence-corrected chi connectivity index (χ3v) is 1.21. The molecule has 0 aromatic rings. The third-order valence-electron chi connectivity index (χ3n) is 0.799. The smallest absolute Gasteiger partial charge is 0.726 e. The van der Waals surface area contributed by atoms with Crippen LogP contribution in [0.5, 0.6) is 0 Å². The van der Waals surface area contributed by atoms with Gasteiger partial charge in [0.05, 0.1) is 0 Å². The molecule has 14 heavy (non-hydrogen) atoms. The van der Waals surface area contributed by atoms with Crippen LogP contribution in [0.2, 0.25) is 0 Å². The van der Waals surface area contributed by atoms with Gasteiger partial charge in [0, 0.05) is 0 Å². The van der Waals surface area contributed by atoms with Crippen molar-refractivity contribution in [3.63, 3.8) is 0 Å². The van der Waals surface area contributed by atoms with Gasteiger partial charge in [0.25, 0.3) is 0 Å². The van der Waals surface area contributed by atoms with Crippen molar-refractivity contribution in [2.45, 2.75) is 12.1 Å². The molecule has 0 amide bonds. The monoisotopic (exact) mass is 236 g/mol. The second kappa shape index (κ2) is 4.76. The van der Waals surface area contributed by atoms with E-state index in [-0.39, 0.29) is 18.9 Å². The van der Waals surface area contributed by atoms with Crippen LogP contribution in [0.3, 0.4) is 0 Å². The molecule has 0 heterocycles. The molecule has 80 valence electrons. The average Bonchev–Trinajstić information content (AvgIpc) is 1.79. The van der Waals surface area contributed by atoms with Crippen LogP contribution in [0.25, 0.3) is 0 Å². The summed E-state index contributed by atoms with van der Waals surface area (Å²) in [7, 11) is -5.55. The van der Waals surface area contributed by atoms with Gasteiger partial charge in [0.1, 0.15) is 6.61 Å². The van der Waals surface area contributed by atoms with Crippen molar-refractivity contribution in [1.29, 1.82) is 0 Å². The first-order chi connectivity index (χ1) is 5.46. The Morgan fingerprint density at radius 3 is 1.71 bits per heavy atom. The van der Waals surface area contributed by atoms with E-state index < -0.39 is 29.1 Å². The van der Waals surface area contributed by atoms with Gasteiger partial charge in [-0.3, -0.25) is 4.18 Å². The maximum Gasteiger partial charge on any atom is 1.00 e. The van der Waals surface area contributed by atoms with Gasteiger partial charge in [0.15, 0.2) is 0 Å². The van der Waals surface area contributed by atoms with E-state index in [4.69, 9.17) is 0 Å². The van der Waals surface area contributed by atoms with Crippen molar-refractivity contribution in [3.05, 3.63) is 0 Å². The molecular formula is C3H2F5LiO4S. The second-order valence-corrected chi connectivity index (χ2v) is 2.92. The van der Waals surface area contributed by atoms with Crippen LogP contribution in [-0.4, -0.2) is 31.7 Å². The molecule has 0 saturated carbocycles. The summed E-state index contributed by atoms with van der Waals surface area (Å²) in [6.07, 6.45) is -5.95. The van der Waals surface area contributed by atoms with Gasteiger partial charge in [-0.1, -0.05) is 0 Å². The van der Waals surface area contributed by atoms with E-state index in [1.807, 2.05) is 0 Å². The van der Waals surface area contributed by atoms with E-state index >= 15 is 0 Å². The molecule has 0 aliphatic carbocycles. The summed E-state index contributed by atoms with van der Waals surface area (Å²) in [6, 6.07) is 0. The maximum absolute atomic E-state index is 11.8. The first kappa shape index (κ1) is 16.5. The Morgan fingerprint density at radius 2 is 1.50 bits per heavy atom. The minimum absolute atomic E-state index is 0. The van der Waals surface area contributed by atoms with Crippen LogP contribution in [0.15, 0.2) is 0 Å². The van der Waals surface area contributed by atoms with E-state index in [2.05, 4.69) is 4.18 Å². The van der Waals surface area contributed by atoms with Gasteiger partial charge < -0.3 is 4.55 Å². The topological polar surface area (TPSA) is 66.4 Å². The van der Waals surface area contributed by atoms with Crippen molar-refractivity contribution in [2.75, 3.05) is 6.61 Å². The fraction of sp³-hybridized carbons (Fsp3) is 1.00. The first-order valence-electron chi connectivity index (χ1n) is 2.50. The molecular weight excluding hydrogens is 234 g/mol. The zero-order chi connectivity index (χ0) is 10.9. The van der Waals surface area contributed by atoms with Crippen molar-refractivity contribution in [2.24, 2.45) is 0 Å². The molecule has 0 aromatic carbocycles. The summed E-state index contributed by atoms with van der Waals surface area (Å²) >= 11 is 0. The van der Waals surface area contributed by atoms with Crippen molar-refractivity contribution in [3.8, 4) is 0 Å². The summed E-state index contributed by atoms with van der Waals surface area (Å²) < 4.78 is 88.8. The van der Waals surface area contributed by atoms with Crippen molar-refractivity contribution < 1.29 is 58.0 Å². The van der Waals surface area contributed by atoms with Crippen LogP contribution < -0.4 is 18.9 Å². The first-order valence-corrected chi connectivity index (χ1v) is 3.84. The number of rotatable bonds is 3. The van der Waals surface area contributed by atoms with E-state index in [9.17, 15) is 34.9 Å². The number of hydrogen-bond donors (Lipinski definition) is 0. The predicted molar refractivity (Wildman–Crippen MR) is 26.7 cm³/mol. The Bertz CT molecular complexity index is 271. The van der Waals surface area contributed by atoms with Gasteiger partial charge in [0.2, 0.25) is 10.4 Å². The SMILES string of the molecule is O=S(=O)([O-])OCC(F)(F)C(F)(F)F.[Li+]. The van der Waals surface area contributed by atoms with Crippen LogP contribution in [0.4, 0.5) is 22.0 Å². The fourth-order valence-corrected chi connectivity index (χ4v) is 0.520. The van der Waals surface area contributed by atoms with Gasteiger partial charge in [-0.15, -0.1) is 0 Å². The third kappa shape index (κ3) is 5.77. The molecule has 11 heteroatoms. The molecule has 0 N–H and O–H groups in total. The molecule has 0 aromatic heterocycles. The summed E-state index contributed by atoms with van der Waals surface area (Å²) in [6.45, 7) is -2.54. The van der Waals surface area contributed by atoms with Gasteiger partial charge in [-0.05, 0) is 0 Å². The molecule has 4 nitrogen and oxygen atoms in total. The zero-order valence-electron chi connectivity index (χ0n) is 6.64. The van der Waals surface area contributed by atoms with Gasteiger partial charge in [-0.25, -0.2) is 8.42 Å². The Kier molecular flexibility index (Phi) is 5.62. The molecule has 0 saturated heterocycles. The average molecular weight is 236 g/mol. The summed E-state index contributed by atoms with van der Waals surface area (Å²) in [5, 5.41) is 0. The molecule has 0 aliphatic rings. The second-order valence-electron chi connectivity index (χ2n) is 1.87. The van der Waals surface area contributed by atoms with Crippen LogP contribution in [0, 0.1) is 0 Å². The molecule has 0 bridgehead atoms. The molecule has 0 radical (unpaired) electrons. The van der Waals surface area contributed by atoms with Crippen molar-refractivity contribution in [1.82, 2.24) is 0 Å². The Balaban J connectivity index is 0. The largest absolute Gasteiger partial charge is 1.00 e. The zero-order valence-corrected chi connectivity index (χ0v) is 7.45. The van der Waals surface area contributed by atoms with Crippen LogP contribution in [-0.2, 0) is 14.6 Å². The minimum Gasteiger partial charge on any atom is -0.726 e. The molecule has 0 spiro atoms. The van der Waals surface area contributed by atoms with E-state index in [1.54, 1.807) is 0 Å². The molecule has 0 unspecified atom stereocenters. The fourth-order valence-electron chi connectivity index (χ4n) is 0.228. The van der Waals surface area contributed by atoms with E-state index in [1.165, 1.54) is 0 Å². The van der Waals surface area contributed by atoms with E-state index in [0.717, 1.165) is 0 Å². The quantitative estimate of drug-likeness (QED) is 0.238. The molecule has 0 atom stereocenters. The normalized spacial score (nSPS) is 13.6. The molecule has 0 aliphatic heterocycles. The number of halogens is 5. The standard InChI is InChI=1S/C3H3F5O4S.Li/c4-2(5,3(6,7)8)1-12-13(9,10)11;/h1H2,(H,9,10,11);/q;+1/p-1. The molecule has 0 rings (SSSR count).